The zero-order valence-corrected chi connectivity index (χ0v) is 11.8. The molecule has 2 heteroatoms. The number of Topliss-reactive ketones (excluding diaryl/α,β-unsaturated/α-hetero) is 1. The third-order valence-electron chi connectivity index (χ3n) is 3.42. The van der Waals surface area contributed by atoms with Crippen molar-refractivity contribution in [3.05, 3.63) is 0 Å². The number of piperidine rings is 1. The molecule has 0 atom stereocenters. The van der Waals surface area contributed by atoms with E-state index in [4.69, 9.17) is 0 Å². The number of likely N-dealkylation sites (tertiary alicyclic amines) is 1. The summed E-state index contributed by atoms with van der Waals surface area (Å²) in [5, 5.41) is 0. The van der Waals surface area contributed by atoms with Gasteiger partial charge in [0, 0.05) is 6.42 Å². The molecular weight excluding hydrogens is 198 g/mol. The Balaban J connectivity index is 0.000000673. The zero-order valence-electron chi connectivity index (χ0n) is 11.8. The topological polar surface area (TPSA) is 20.3 Å². The van der Waals surface area contributed by atoms with E-state index in [2.05, 4.69) is 32.7 Å². The minimum atomic E-state index is 0.332. The zero-order chi connectivity index (χ0) is 12.6. The number of rotatable bonds is 3. The van der Waals surface area contributed by atoms with Crippen molar-refractivity contribution in [2.75, 3.05) is 20.1 Å². The Morgan fingerprint density at radius 3 is 1.94 bits per heavy atom. The van der Waals surface area contributed by atoms with Gasteiger partial charge in [0.1, 0.15) is 5.78 Å². The standard InChI is InChI=1S/C11H21NO.C3H8/c1-4-11(9-10(2)13)5-7-12(3)8-6-11;1-3-2/h4-9H2,1-3H3;3H2,1-2H3. The second-order valence-corrected chi connectivity index (χ2v) is 5.24. The van der Waals surface area contributed by atoms with Crippen molar-refractivity contribution in [1.29, 1.82) is 0 Å². The Hall–Kier alpha value is -0.370. The van der Waals surface area contributed by atoms with E-state index >= 15 is 0 Å². The molecule has 0 unspecified atom stereocenters. The van der Waals surface area contributed by atoms with Crippen LogP contribution in [0, 0.1) is 5.41 Å². The van der Waals surface area contributed by atoms with Crippen molar-refractivity contribution in [1.82, 2.24) is 4.90 Å². The van der Waals surface area contributed by atoms with E-state index in [0.29, 0.717) is 11.2 Å². The van der Waals surface area contributed by atoms with E-state index in [1.165, 1.54) is 19.3 Å². The molecule has 0 amide bonds. The van der Waals surface area contributed by atoms with Gasteiger partial charge in [-0.2, -0.15) is 0 Å². The van der Waals surface area contributed by atoms with Crippen LogP contribution in [0.2, 0.25) is 0 Å². The predicted molar refractivity (Wildman–Crippen MR) is 70.7 cm³/mol. The van der Waals surface area contributed by atoms with Gasteiger partial charge in [0.05, 0.1) is 0 Å². The van der Waals surface area contributed by atoms with Crippen molar-refractivity contribution < 1.29 is 4.79 Å². The molecule has 1 saturated heterocycles. The van der Waals surface area contributed by atoms with E-state index in [0.717, 1.165) is 25.9 Å². The Morgan fingerprint density at radius 1 is 1.19 bits per heavy atom. The minimum absolute atomic E-state index is 0.332. The van der Waals surface area contributed by atoms with Crippen LogP contribution in [0.1, 0.15) is 59.8 Å². The van der Waals surface area contributed by atoms with Crippen LogP contribution in [0.5, 0.6) is 0 Å². The highest BCUT2D eigenvalue weighted by atomic mass is 16.1. The molecule has 16 heavy (non-hydrogen) atoms. The molecule has 0 bridgehead atoms. The van der Waals surface area contributed by atoms with Gasteiger partial charge in [0.2, 0.25) is 0 Å². The summed E-state index contributed by atoms with van der Waals surface area (Å²) in [5.74, 6) is 0.353. The summed E-state index contributed by atoms with van der Waals surface area (Å²) in [7, 11) is 2.16. The lowest BCUT2D eigenvalue weighted by molar-refractivity contribution is -0.120. The average Bonchev–Trinajstić information content (AvgIpc) is 2.22. The maximum atomic E-state index is 11.1. The molecular formula is C14H29NO. The van der Waals surface area contributed by atoms with Crippen molar-refractivity contribution in [2.45, 2.75) is 59.8 Å². The van der Waals surface area contributed by atoms with Gasteiger partial charge in [-0.3, -0.25) is 0 Å². The van der Waals surface area contributed by atoms with Gasteiger partial charge in [0.25, 0.3) is 0 Å². The Bertz CT molecular complexity index is 193. The first-order valence-electron chi connectivity index (χ1n) is 6.67. The first-order chi connectivity index (χ1) is 7.49. The number of carbonyl (C=O) groups excluding carboxylic acids is 1. The van der Waals surface area contributed by atoms with E-state index < -0.39 is 0 Å². The molecule has 0 aromatic rings. The van der Waals surface area contributed by atoms with E-state index in [9.17, 15) is 4.79 Å². The molecule has 2 nitrogen and oxygen atoms in total. The fraction of sp³-hybridized carbons (Fsp3) is 0.929. The Kier molecular flexibility index (Phi) is 7.65. The van der Waals surface area contributed by atoms with Gasteiger partial charge in [-0.1, -0.05) is 27.2 Å². The molecule has 96 valence electrons. The SMILES string of the molecule is CCC.CCC1(CC(C)=O)CCN(C)CC1. The molecule has 0 aromatic heterocycles. The first kappa shape index (κ1) is 15.6. The molecule has 1 heterocycles. The molecule has 1 fully saturated rings. The molecule has 1 aliphatic rings. The van der Waals surface area contributed by atoms with E-state index in [-0.39, 0.29) is 0 Å². The Morgan fingerprint density at radius 2 is 1.62 bits per heavy atom. The smallest absolute Gasteiger partial charge is 0.130 e. The summed E-state index contributed by atoms with van der Waals surface area (Å²) < 4.78 is 0. The third kappa shape index (κ3) is 5.64. The highest BCUT2D eigenvalue weighted by molar-refractivity contribution is 5.76. The maximum Gasteiger partial charge on any atom is 0.130 e. The fourth-order valence-electron chi connectivity index (χ4n) is 2.28. The molecule has 0 spiro atoms. The molecule has 1 rings (SSSR count). The van der Waals surface area contributed by atoms with Crippen LogP contribution in [-0.4, -0.2) is 30.8 Å². The summed E-state index contributed by atoms with van der Waals surface area (Å²) in [4.78, 5) is 13.5. The predicted octanol–water partition coefficient (Wildman–Crippen LogP) is 3.50. The van der Waals surface area contributed by atoms with Gasteiger partial charge >= 0.3 is 0 Å². The lowest BCUT2D eigenvalue weighted by Gasteiger charge is -2.39. The van der Waals surface area contributed by atoms with Crippen LogP contribution in [0.15, 0.2) is 0 Å². The number of ketones is 1. The molecule has 0 saturated carbocycles. The van der Waals surface area contributed by atoms with Gasteiger partial charge < -0.3 is 9.69 Å². The minimum Gasteiger partial charge on any atom is -0.306 e. The second-order valence-electron chi connectivity index (χ2n) is 5.24. The average molecular weight is 227 g/mol. The normalized spacial score (nSPS) is 19.8. The lowest BCUT2D eigenvalue weighted by Crippen LogP contribution is -2.38. The first-order valence-corrected chi connectivity index (χ1v) is 6.67. The quantitative estimate of drug-likeness (QED) is 0.735. The van der Waals surface area contributed by atoms with Crippen LogP contribution in [0.3, 0.4) is 0 Å². The summed E-state index contributed by atoms with van der Waals surface area (Å²) in [6, 6.07) is 0. The van der Waals surface area contributed by atoms with Gasteiger partial charge in [-0.05, 0) is 51.7 Å². The van der Waals surface area contributed by atoms with Gasteiger partial charge in [0.15, 0.2) is 0 Å². The van der Waals surface area contributed by atoms with Crippen LogP contribution < -0.4 is 0 Å². The molecule has 0 radical (unpaired) electrons. The van der Waals surface area contributed by atoms with Crippen LogP contribution in [0.4, 0.5) is 0 Å². The van der Waals surface area contributed by atoms with E-state index in [1.807, 2.05) is 0 Å². The van der Waals surface area contributed by atoms with Crippen molar-refractivity contribution in [3.8, 4) is 0 Å². The number of nitrogens with zero attached hydrogens (tertiary/aromatic N) is 1. The van der Waals surface area contributed by atoms with Crippen LogP contribution >= 0.6 is 0 Å². The largest absolute Gasteiger partial charge is 0.306 e. The summed E-state index contributed by atoms with van der Waals surface area (Å²) >= 11 is 0. The number of carbonyl (C=O) groups is 1. The molecule has 0 N–H and O–H groups in total. The highest BCUT2D eigenvalue weighted by Crippen LogP contribution is 2.37. The number of hydrogen-bond donors (Lipinski definition) is 0. The van der Waals surface area contributed by atoms with E-state index in [1.54, 1.807) is 6.92 Å². The molecule has 0 aromatic carbocycles. The Labute approximate surface area is 101 Å². The number of hydrogen-bond acceptors (Lipinski definition) is 2. The third-order valence-corrected chi connectivity index (χ3v) is 3.42. The monoisotopic (exact) mass is 227 g/mol. The fourth-order valence-corrected chi connectivity index (χ4v) is 2.28. The molecule has 1 aliphatic heterocycles. The van der Waals surface area contributed by atoms with Crippen molar-refractivity contribution in [3.63, 3.8) is 0 Å². The summed E-state index contributed by atoms with van der Waals surface area (Å²) in [6.45, 7) is 10.5. The lowest BCUT2D eigenvalue weighted by atomic mass is 9.73. The van der Waals surface area contributed by atoms with Crippen LogP contribution in [-0.2, 0) is 4.79 Å². The van der Waals surface area contributed by atoms with Crippen molar-refractivity contribution in [2.24, 2.45) is 5.41 Å². The second kappa shape index (κ2) is 7.83. The molecule has 0 aliphatic carbocycles. The maximum absolute atomic E-state index is 11.1. The highest BCUT2D eigenvalue weighted by Gasteiger charge is 2.32. The summed E-state index contributed by atoms with van der Waals surface area (Å²) in [6.07, 6.45) is 5.58. The van der Waals surface area contributed by atoms with Crippen molar-refractivity contribution >= 4 is 5.78 Å². The summed E-state index contributed by atoms with van der Waals surface area (Å²) in [5.41, 5.74) is 0.332. The van der Waals surface area contributed by atoms with Gasteiger partial charge in [-0.15, -0.1) is 0 Å². The van der Waals surface area contributed by atoms with Crippen LogP contribution in [0.25, 0.3) is 0 Å². The van der Waals surface area contributed by atoms with Gasteiger partial charge in [-0.25, -0.2) is 0 Å².